The Kier molecular flexibility index (Phi) is 2.71. The van der Waals surface area contributed by atoms with Crippen LogP contribution in [0.4, 0.5) is 5.69 Å². The van der Waals surface area contributed by atoms with Crippen LogP contribution in [0.5, 0.6) is 0 Å². The highest BCUT2D eigenvalue weighted by molar-refractivity contribution is 6.23. The van der Waals surface area contributed by atoms with Crippen molar-refractivity contribution in [1.82, 2.24) is 14.9 Å². The van der Waals surface area contributed by atoms with E-state index < -0.39 is 0 Å². The third kappa shape index (κ3) is 1.82. The Morgan fingerprint density at radius 3 is 2.60 bits per heavy atom. The lowest BCUT2D eigenvalue weighted by Gasteiger charge is -2.12. The van der Waals surface area contributed by atoms with E-state index in [1.807, 2.05) is 6.92 Å². The summed E-state index contributed by atoms with van der Waals surface area (Å²) in [6.07, 6.45) is 3.16. The SMILES string of the molecule is Cc1cnc(CN2C(=O)c3cccc(N)c3C2=O)cn1. The predicted octanol–water partition coefficient (Wildman–Crippen LogP) is 1.16. The molecular weight excluding hydrogens is 256 g/mol. The molecule has 2 amide bonds. The molecule has 0 saturated heterocycles. The number of hydrogen-bond donors (Lipinski definition) is 1. The number of aryl methyl sites for hydroxylation is 1. The molecule has 3 rings (SSSR count). The van der Waals surface area contributed by atoms with E-state index in [0.717, 1.165) is 10.6 Å². The first-order valence-corrected chi connectivity index (χ1v) is 6.10. The lowest BCUT2D eigenvalue weighted by molar-refractivity contribution is 0.0640. The second-order valence-corrected chi connectivity index (χ2v) is 4.62. The van der Waals surface area contributed by atoms with E-state index >= 15 is 0 Å². The van der Waals surface area contributed by atoms with E-state index in [1.54, 1.807) is 30.6 Å². The molecule has 100 valence electrons. The Bertz CT molecular complexity index is 710. The highest BCUT2D eigenvalue weighted by Crippen LogP contribution is 2.28. The van der Waals surface area contributed by atoms with E-state index in [4.69, 9.17) is 5.73 Å². The van der Waals surface area contributed by atoms with Gasteiger partial charge in [-0.15, -0.1) is 0 Å². The molecule has 1 aliphatic rings. The van der Waals surface area contributed by atoms with Crippen LogP contribution in [0.1, 0.15) is 32.1 Å². The molecule has 6 heteroatoms. The molecule has 1 aromatic heterocycles. The van der Waals surface area contributed by atoms with Crippen molar-refractivity contribution in [2.75, 3.05) is 5.73 Å². The lowest BCUT2D eigenvalue weighted by atomic mass is 10.1. The number of imide groups is 1. The van der Waals surface area contributed by atoms with Gasteiger partial charge in [0.25, 0.3) is 11.8 Å². The molecule has 6 nitrogen and oxygen atoms in total. The molecule has 0 aliphatic carbocycles. The zero-order valence-electron chi connectivity index (χ0n) is 10.8. The fraction of sp³-hybridized carbons (Fsp3) is 0.143. The number of benzene rings is 1. The summed E-state index contributed by atoms with van der Waals surface area (Å²) in [5.74, 6) is -0.731. The molecule has 2 heterocycles. The van der Waals surface area contributed by atoms with Crippen molar-refractivity contribution in [3.63, 3.8) is 0 Å². The van der Waals surface area contributed by atoms with E-state index in [2.05, 4.69) is 9.97 Å². The average Bonchev–Trinajstić information content (AvgIpc) is 2.67. The standard InChI is InChI=1S/C14H12N4O2/c1-8-5-17-9(6-16-8)7-18-13(19)10-3-2-4-11(15)12(10)14(18)20/h2-6H,7,15H2,1H3. The normalized spacial score (nSPS) is 13.8. The molecule has 0 atom stereocenters. The first kappa shape index (κ1) is 12.3. The number of carbonyl (C=O) groups excluding carboxylic acids is 2. The molecule has 0 radical (unpaired) electrons. The molecule has 0 saturated carbocycles. The van der Waals surface area contributed by atoms with Gasteiger partial charge in [-0.2, -0.15) is 0 Å². The third-order valence-corrected chi connectivity index (χ3v) is 3.19. The maximum absolute atomic E-state index is 12.3. The number of carbonyl (C=O) groups is 2. The van der Waals surface area contributed by atoms with Crippen LogP contribution in [-0.4, -0.2) is 26.7 Å². The Hall–Kier alpha value is -2.76. The second kappa shape index (κ2) is 4.41. The number of rotatable bonds is 2. The Balaban J connectivity index is 1.94. The summed E-state index contributed by atoms with van der Waals surface area (Å²) < 4.78 is 0. The van der Waals surface area contributed by atoms with Crippen molar-refractivity contribution < 1.29 is 9.59 Å². The fourth-order valence-corrected chi connectivity index (χ4v) is 2.17. The van der Waals surface area contributed by atoms with Gasteiger partial charge in [0.15, 0.2) is 0 Å². The van der Waals surface area contributed by atoms with Crippen molar-refractivity contribution in [1.29, 1.82) is 0 Å². The van der Waals surface area contributed by atoms with Gasteiger partial charge in [0.1, 0.15) is 0 Å². The van der Waals surface area contributed by atoms with Crippen LogP contribution in [0.3, 0.4) is 0 Å². The molecule has 1 aliphatic heterocycles. The van der Waals surface area contributed by atoms with Crippen LogP contribution < -0.4 is 5.73 Å². The average molecular weight is 268 g/mol. The number of nitrogens with zero attached hydrogens (tertiary/aromatic N) is 3. The molecule has 20 heavy (non-hydrogen) atoms. The third-order valence-electron chi connectivity index (χ3n) is 3.19. The summed E-state index contributed by atoms with van der Waals surface area (Å²) in [6.45, 7) is 1.92. The van der Waals surface area contributed by atoms with Gasteiger partial charge < -0.3 is 5.73 Å². The minimum absolute atomic E-state index is 0.0963. The number of anilines is 1. The summed E-state index contributed by atoms with van der Waals surface area (Å²) in [7, 11) is 0. The highest BCUT2D eigenvalue weighted by atomic mass is 16.2. The van der Waals surface area contributed by atoms with Crippen LogP contribution in [0.2, 0.25) is 0 Å². The van der Waals surface area contributed by atoms with Gasteiger partial charge in [-0.3, -0.25) is 24.5 Å². The second-order valence-electron chi connectivity index (χ2n) is 4.62. The van der Waals surface area contributed by atoms with Gasteiger partial charge >= 0.3 is 0 Å². The number of nitrogens with two attached hydrogens (primary N) is 1. The summed E-state index contributed by atoms with van der Waals surface area (Å²) >= 11 is 0. The highest BCUT2D eigenvalue weighted by Gasteiger charge is 2.37. The Morgan fingerprint density at radius 1 is 1.15 bits per heavy atom. The first-order chi connectivity index (χ1) is 9.58. The zero-order valence-corrected chi connectivity index (χ0v) is 10.8. The van der Waals surface area contributed by atoms with Crippen LogP contribution in [0.15, 0.2) is 30.6 Å². The quantitative estimate of drug-likeness (QED) is 0.652. The number of nitrogen functional groups attached to an aromatic ring is 1. The monoisotopic (exact) mass is 268 g/mol. The minimum Gasteiger partial charge on any atom is -0.398 e. The topological polar surface area (TPSA) is 89.2 Å². The number of amides is 2. The number of hydrogen-bond acceptors (Lipinski definition) is 5. The predicted molar refractivity (Wildman–Crippen MR) is 71.8 cm³/mol. The smallest absolute Gasteiger partial charge is 0.264 e. The zero-order chi connectivity index (χ0) is 14.3. The molecule has 2 N–H and O–H groups in total. The molecule has 1 aromatic carbocycles. The van der Waals surface area contributed by atoms with Crippen LogP contribution >= 0.6 is 0 Å². The van der Waals surface area contributed by atoms with Gasteiger partial charge in [0.05, 0.1) is 35.3 Å². The van der Waals surface area contributed by atoms with Gasteiger partial charge in [-0.1, -0.05) is 6.07 Å². The fourth-order valence-electron chi connectivity index (χ4n) is 2.17. The van der Waals surface area contributed by atoms with Gasteiger partial charge in [-0.05, 0) is 19.1 Å². The molecule has 2 aromatic rings. The van der Waals surface area contributed by atoms with Crippen molar-refractivity contribution in [2.45, 2.75) is 13.5 Å². The molecular formula is C14H12N4O2. The summed E-state index contributed by atoms with van der Waals surface area (Å²) in [4.78, 5) is 33.9. The Morgan fingerprint density at radius 2 is 1.95 bits per heavy atom. The first-order valence-electron chi connectivity index (χ1n) is 6.10. The summed E-state index contributed by atoms with van der Waals surface area (Å²) in [5.41, 5.74) is 8.05. The van der Waals surface area contributed by atoms with Gasteiger partial charge in [0.2, 0.25) is 0 Å². The van der Waals surface area contributed by atoms with Crippen molar-refractivity contribution in [2.24, 2.45) is 0 Å². The van der Waals surface area contributed by atoms with Gasteiger partial charge in [0, 0.05) is 11.9 Å². The number of aromatic nitrogens is 2. The van der Waals surface area contributed by atoms with Crippen LogP contribution in [-0.2, 0) is 6.54 Å². The Labute approximate surface area is 115 Å². The molecule has 0 fully saturated rings. The van der Waals surface area contributed by atoms with Gasteiger partial charge in [-0.25, -0.2) is 0 Å². The molecule has 0 unspecified atom stereocenters. The number of fused-ring (bicyclic) bond motifs is 1. The van der Waals surface area contributed by atoms with E-state index in [1.165, 1.54) is 0 Å². The van der Waals surface area contributed by atoms with Crippen molar-refractivity contribution in [3.8, 4) is 0 Å². The molecule has 0 bridgehead atoms. The van der Waals surface area contributed by atoms with Crippen molar-refractivity contribution >= 4 is 17.5 Å². The largest absolute Gasteiger partial charge is 0.398 e. The van der Waals surface area contributed by atoms with Crippen molar-refractivity contribution in [3.05, 3.63) is 53.1 Å². The van der Waals surface area contributed by atoms with E-state index in [-0.39, 0.29) is 23.9 Å². The van der Waals surface area contributed by atoms with Crippen LogP contribution in [0.25, 0.3) is 0 Å². The minimum atomic E-state index is -0.384. The van der Waals surface area contributed by atoms with E-state index in [9.17, 15) is 9.59 Å². The summed E-state index contributed by atoms with van der Waals surface area (Å²) in [5, 5.41) is 0. The lowest BCUT2D eigenvalue weighted by Crippen LogP contribution is -2.29. The maximum Gasteiger partial charge on any atom is 0.264 e. The molecule has 0 spiro atoms. The summed E-state index contributed by atoms with van der Waals surface area (Å²) in [6, 6.07) is 4.88. The van der Waals surface area contributed by atoms with Crippen LogP contribution in [0, 0.1) is 6.92 Å². The van der Waals surface area contributed by atoms with E-state index in [0.29, 0.717) is 16.9 Å². The maximum atomic E-state index is 12.3.